The van der Waals surface area contributed by atoms with Gasteiger partial charge in [0.1, 0.15) is 17.9 Å². The summed E-state index contributed by atoms with van der Waals surface area (Å²) in [7, 11) is 1.53. The summed E-state index contributed by atoms with van der Waals surface area (Å²) in [5, 5.41) is 3.77. The molecular weight excluding hydrogens is 496 g/mol. The predicted molar refractivity (Wildman–Crippen MR) is 138 cm³/mol. The number of esters is 1. The lowest BCUT2D eigenvalue weighted by molar-refractivity contribution is -0.133. The van der Waals surface area contributed by atoms with Crippen LogP contribution in [0.25, 0.3) is 11.3 Å². The van der Waals surface area contributed by atoms with Gasteiger partial charge in [0.15, 0.2) is 5.75 Å². The number of ether oxygens (including phenoxy) is 3. The van der Waals surface area contributed by atoms with Gasteiger partial charge in [0, 0.05) is 30.4 Å². The number of carbonyl (C=O) groups is 2. The molecule has 1 amide bonds. The van der Waals surface area contributed by atoms with Gasteiger partial charge in [-0.3, -0.25) is 9.78 Å². The second-order valence-corrected chi connectivity index (χ2v) is 8.97. The van der Waals surface area contributed by atoms with Gasteiger partial charge in [0.25, 0.3) is 5.91 Å². The molecule has 10 heteroatoms. The Morgan fingerprint density at radius 3 is 3.00 bits per heavy atom. The average Bonchev–Trinajstić information content (AvgIpc) is 3.23. The molecule has 5 rings (SSSR count). The van der Waals surface area contributed by atoms with Crippen molar-refractivity contribution in [2.24, 2.45) is 0 Å². The van der Waals surface area contributed by atoms with Crippen molar-refractivity contribution in [3.8, 4) is 34.6 Å². The predicted octanol–water partition coefficient (Wildman–Crippen LogP) is 4.20. The number of aromatic amines is 1. The maximum atomic E-state index is 12.8. The van der Waals surface area contributed by atoms with Crippen LogP contribution in [-0.2, 0) is 16.0 Å². The topological polar surface area (TPSA) is 106 Å². The number of H-pyrrole nitrogens is 1. The number of likely N-dealkylation sites (tertiary alicyclic amines) is 1. The van der Waals surface area contributed by atoms with Crippen LogP contribution in [0.1, 0.15) is 29.4 Å². The third-order valence-electron chi connectivity index (χ3n) is 6.42. The maximum absolute atomic E-state index is 12.8. The molecule has 0 unspecified atom stereocenters. The highest BCUT2D eigenvalue weighted by Crippen LogP contribution is 2.43. The van der Waals surface area contributed by atoms with E-state index in [0.717, 1.165) is 12.1 Å². The van der Waals surface area contributed by atoms with Crippen molar-refractivity contribution in [1.29, 1.82) is 0 Å². The lowest BCUT2D eigenvalue weighted by Crippen LogP contribution is -2.53. The highest BCUT2D eigenvalue weighted by Gasteiger charge is 2.33. The third-order valence-corrected chi connectivity index (χ3v) is 6.72. The van der Waals surface area contributed by atoms with E-state index in [4.69, 9.17) is 25.8 Å². The number of benzene rings is 1. The summed E-state index contributed by atoms with van der Waals surface area (Å²) >= 11 is 6.34. The van der Waals surface area contributed by atoms with Crippen LogP contribution in [0.3, 0.4) is 0 Å². The van der Waals surface area contributed by atoms with Crippen molar-refractivity contribution in [3.05, 3.63) is 52.9 Å². The first-order valence-electron chi connectivity index (χ1n) is 11.8. The molecule has 2 aliphatic rings. The molecule has 3 aromatic rings. The second-order valence-electron chi connectivity index (χ2n) is 8.56. The van der Waals surface area contributed by atoms with Crippen molar-refractivity contribution in [2.45, 2.75) is 25.8 Å². The molecule has 1 saturated heterocycles. The maximum Gasteiger partial charge on any atom is 0.342 e. The highest BCUT2D eigenvalue weighted by molar-refractivity contribution is 6.32. The lowest BCUT2D eigenvalue weighted by Gasteiger charge is -2.39. The summed E-state index contributed by atoms with van der Waals surface area (Å²) in [6.07, 6.45) is 4.64. The Labute approximate surface area is 219 Å². The van der Waals surface area contributed by atoms with E-state index in [1.54, 1.807) is 36.4 Å². The molecule has 0 bridgehead atoms. The van der Waals surface area contributed by atoms with Crippen LogP contribution in [0, 0.1) is 11.8 Å². The van der Waals surface area contributed by atoms with Crippen molar-refractivity contribution < 1.29 is 23.8 Å². The van der Waals surface area contributed by atoms with Crippen molar-refractivity contribution in [3.63, 3.8) is 0 Å². The molecule has 2 aromatic heterocycles. The van der Waals surface area contributed by atoms with Gasteiger partial charge < -0.3 is 29.4 Å². The minimum Gasteiger partial charge on any atom is -0.493 e. The van der Waals surface area contributed by atoms with Gasteiger partial charge in [-0.15, -0.1) is 0 Å². The van der Waals surface area contributed by atoms with Gasteiger partial charge in [-0.2, -0.15) is 0 Å². The molecule has 0 spiro atoms. The minimum absolute atomic E-state index is 0.0680. The number of nitrogens with zero attached hydrogens (tertiary/aromatic N) is 2. The average molecular weight is 521 g/mol. The minimum atomic E-state index is -0.426. The number of halogens is 1. The Morgan fingerprint density at radius 2 is 2.24 bits per heavy atom. The van der Waals surface area contributed by atoms with E-state index in [9.17, 15) is 9.59 Å². The molecule has 0 radical (unpaired) electrons. The van der Waals surface area contributed by atoms with E-state index in [0.29, 0.717) is 64.3 Å². The van der Waals surface area contributed by atoms with Gasteiger partial charge in [0.2, 0.25) is 0 Å². The zero-order chi connectivity index (χ0) is 25.9. The van der Waals surface area contributed by atoms with E-state index in [1.807, 2.05) is 12.1 Å². The fourth-order valence-electron chi connectivity index (χ4n) is 4.51. The molecule has 4 heterocycles. The summed E-state index contributed by atoms with van der Waals surface area (Å²) < 4.78 is 17.0. The fraction of sp³-hybridized carbons (Fsp3) is 0.296. The number of fused-ring (bicyclic) bond motifs is 1. The van der Waals surface area contributed by atoms with Gasteiger partial charge in [-0.05, 0) is 37.5 Å². The number of anilines is 2. The molecule has 37 heavy (non-hydrogen) atoms. The standard InChI is InChI=1S/C27H25ClN4O5/c1-3-5-22(33)32-12-9-16(32)15-37-21-14-29-11-8-17(21)24-25(23-19(30-24)10-13-36-27(23)34)31-20-7-4-6-18(28)26(20)35-2/h4,6-8,11,14,16,30-31H,9-10,12-13,15H2,1-2H3/t16-/m1/s1. The van der Waals surface area contributed by atoms with Crippen LogP contribution in [0.15, 0.2) is 36.7 Å². The van der Waals surface area contributed by atoms with Crippen LogP contribution in [0.5, 0.6) is 11.5 Å². The summed E-state index contributed by atoms with van der Waals surface area (Å²) in [5.41, 5.74) is 3.63. The van der Waals surface area contributed by atoms with Gasteiger partial charge in [0.05, 0.1) is 48.0 Å². The Bertz CT molecular complexity index is 1420. The van der Waals surface area contributed by atoms with E-state index < -0.39 is 5.97 Å². The number of para-hydroxylation sites is 1. The number of methoxy groups -OCH3 is 1. The monoisotopic (exact) mass is 520 g/mol. The Balaban J connectivity index is 1.51. The number of hydrogen-bond acceptors (Lipinski definition) is 7. The highest BCUT2D eigenvalue weighted by atomic mass is 35.5. The normalized spacial score (nSPS) is 16.0. The van der Waals surface area contributed by atoms with Gasteiger partial charge in [-0.1, -0.05) is 23.6 Å². The summed E-state index contributed by atoms with van der Waals surface area (Å²) in [5.74, 6) is 5.56. The van der Waals surface area contributed by atoms with E-state index in [2.05, 4.69) is 27.1 Å². The number of carbonyl (C=O) groups excluding carboxylic acids is 2. The van der Waals surface area contributed by atoms with Crippen LogP contribution >= 0.6 is 11.6 Å². The van der Waals surface area contributed by atoms with Gasteiger partial charge >= 0.3 is 5.97 Å². The Morgan fingerprint density at radius 1 is 1.38 bits per heavy atom. The van der Waals surface area contributed by atoms with Crippen LogP contribution in [0.2, 0.25) is 5.02 Å². The van der Waals surface area contributed by atoms with E-state index in [-0.39, 0.29) is 18.6 Å². The van der Waals surface area contributed by atoms with E-state index >= 15 is 0 Å². The molecule has 2 N–H and O–H groups in total. The molecule has 9 nitrogen and oxygen atoms in total. The SMILES string of the molecule is CC#CC(=O)N1CC[C@@H]1COc1cnccc1-c1[nH]c2c(c1Nc1cccc(Cl)c1OC)C(=O)OCC2. The molecule has 1 aromatic carbocycles. The molecule has 1 atom stereocenters. The van der Waals surface area contributed by atoms with Crippen molar-refractivity contribution in [1.82, 2.24) is 14.9 Å². The van der Waals surface area contributed by atoms with Crippen molar-refractivity contribution >= 4 is 34.9 Å². The molecule has 2 aliphatic heterocycles. The third kappa shape index (κ3) is 4.68. The number of pyridine rings is 1. The fourth-order valence-corrected chi connectivity index (χ4v) is 4.76. The van der Waals surface area contributed by atoms with Crippen LogP contribution in [0.4, 0.5) is 11.4 Å². The lowest BCUT2D eigenvalue weighted by atomic mass is 10.0. The molecule has 0 aliphatic carbocycles. The Kier molecular flexibility index (Phi) is 6.93. The van der Waals surface area contributed by atoms with Crippen LogP contribution < -0.4 is 14.8 Å². The second kappa shape index (κ2) is 10.4. The zero-order valence-electron chi connectivity index (χ0n) is 20.4. The molecule has 0 saturated carbocycles. The molecular formula is C27H25ClN4O5. The molecule has 1 fully saturated rings. The summed E-state index contributed by atoms with van der Waals surface area (Å²) in [6.45, 7) is 2.88. The first-order valence-corrected chi connectivity index (χ1v) is 12.2. The van der Waals surface area contributed by atoms with Crippen LogP contribution in [-0.4, -0.2) is 59.7 Å². The number of hydrogen-bond donors (Lipinski definition) is 2. The zero-order valence-corrected chi connectivity index (χ0v) is 21.1. The number of amides is 1. The quantitative estimate of drug-likeness (QED) is 0.355. The van der Waals surface area contributed by atoms with Gasteiger partial charge in [-0.25, -0.2) is 4.79 Å². The Hall–Kier alpha value is -4.16. The first kappa shape index (κ1) is 24.5. The van der Waals surface area contributed by atoms with Crippen molar-refractivity contribution in [2.75, 3.05) is 32.2 Å². The number of aromatic nitrogens is 2. The first-order chi connectivity index (χ1) is 18.0. The summed E-state index contributed by atoms with van der Waals surface area (Å²) in [4.78, 5) is 34.3. The number of nitrogens with one attached hydrogen (secondary N) is 2. The number of cyclic esters (lactones) is 1. The molecule has 190 valence electrons. The number of rotatable bonds is 7. The van der Waals surface area contributed by atoms with E-state index in [1.165, 1.54) is 7.11 Å². The summed E-state index contributed by atoms with van der Waals surface area (Å²) in [6, 6.07) is 7.07. The smallest absolute Gasteiger partial charge is 0.342 e. The largest absolute Gasteiger partial charge is 0.493 e.